The average molecular weight is 218 g/mol. The van der Waals surface area contributed by atoms with Crippen molar-refractivity contribution in [3.05, 3.63) is 29.8 Å². The molecule has 1 aliphatic rings. The second kappa shape index (κ2) is 5.35. The SMILES string of the molecule is Cc1cccc(NCC2CCNCC2C)c1. The Morgan fingerprint density at radius 2 is 2.31 bits per heavy atom. The van der Waals surface area contributed by atoms with Crippen molar-refractivity contribution in [3.63, 3.8) is 0 Å². The quantitative estimate of drug-likeness (QED) is 0.815. The van der Waals surface area contributed by atoms with Crippen LogP contribution >= 0.6 is 0 Å². The van der Waals surface area contributed by atoms with E-state index in [0.717, 1.165) is 18.4 Å². The highest BCUT2D eigenvalue weighted by molar-refractivity contribution is 5.45. The fourth-order valence-corrected chi connectivity index (χ4v) is 2.38. The first-order valence-electron chi connectivity index (χ1n) is 6.27. The number of hydrogen-bond acceptors (Lipinski definition) is 2. The van der Waals surface area contributed by atoms with Gasteiger partial charge in [0.1, 0.15) is 0 Å². The topological polar surface area (TPSA) is 24.1 Å². The third-order valence-corrected chi connectivity index (χ3v) is 3.55. The van der Waals surface area contributed by atoms with Crippen LogP contribution in [0.2, 0.25) is 0 Å². The van der Waals surface area contributed by atoms with E-state index in [4.69, 9.17) is 0 Å². The number of aryl methyl sites for hydroxylation is 1. The molecule has 0 spiro atoms. The fraction of sp³-hybridized carbons (Fsp3) is 0.571. The molecule has 1 aliphatic heterocycles. The van der Waals surface area contributed by atoms with Gasteiger partial charge >= 0.3 is 0 Å². The van der Waals surface area contributed by atoms with Crippen LogP contribution in [0.25, 0.3) is 0 Å². The summed E-state index contributed by atoms with van der Waals surface area (Å²) in [6, 6.07) is 8.62. The van der Waals surface area contributed by atoms with Crippen LogP contribution in [0.1, 0.15) is 18.9 Å². The van der Waals surface area contributed by atoms with Gasteiger partial charge in [-0.15, -0.1) is 0 Å². The Bertz CT molecular complexity index is 335. The van der Waals surface area contributed by atoms with Crippen molar-refractivity contribution < 1.29 is 0 Å². The molecule has 0 radical (unpaired) electrons. The average Bonchev–Trinajstić information content (AvgIpc) is 2.28. The molecule has 0 saturated carbocycles. The number of rotatable bonds is 3. The van der Waals surface area contributed by atoms with E-state index in [1.807, 2.05) is 0 Å². The van der Waals surface area contributed by atoms with Gasteiger partial charge in [0, 0.05) is 12.2 Å². The van der Waals surface area contributed by atoms with Crippen LogP contribution in [-0.4, -0.2) is 19.6 Å². The van der Waals surface area contributed by atoms with E-state index in [9.17, 15) is 0 Å². The van der Waals surface area contributed by atoms with E-state index < -0.39 is 0 Å². The molecule has 1 heterocycles. The number of benzene rings is 1. The van der Waals surface area contributed by atoms with Gasteiger partial charge in [0.2, 0.25) is 0 Å². The Hall–Kier alpha value is -1.02. The summed E-state index contributed by atoms with van der Waals surface area (Å²) in [4.78, 5) is 0. The van der Waals surface area contributed by atoms with Crippen molar-refractivity contribution in [3.8, 4) is 0 Å². The van der Waals surface area contributed by atoms with E-state index in [1.165, 1.54) is 30.8 Å². The number of piperidine rings is 1. The lowest BCUT2D eigenvalue weighted by atomic mass is 9.88. The molecule has 88 valence electrons. The van der Waals surface area contributed by atoms with Crippen molar-refractivity contribution in [2.75, 3.05) is 25.0 Å². The summed E-state index contributed by atoms with van der Waals surface area (Å²) in [5, 5.41) is 7.00. The van der Waals surface area contributed by atoms with Crippen LogP contribution in [0.4, 0.5) is 5.69 Å². The van der Waals surface area contributed by atoms with Gasteiger partial charge in [-0.1, -0.05) is 19.1 Å². The lowest BCUT2D eigenvalue weighted by molar-refractivity contribution is 0.286. The van der Waals surface area contributed by atoms with Gasteiger partial charge in [0.25, 0.3) is 0 Å². The van der Waals surface area contributed by atoms with Crippen LogP contribution in [-0.2, 0) is 0 Å². The molecule has 2 atom stereocenters. The lowest BCUT2D eigenvalue weighted by Crippen LogP contribution is -2.38. The van der Waals surface area contributed by atoms with Crippen molar-refractivity contribution in [2.24, 2.45) is 11.8 Å². The Morgan fingerprint density at radius 3 is 3.06 bits per heavy atom. The van der Waals surface area contributed by atoms with Gasteiger partial charge in [-0.2, -0.15) is 0 Å². The molecule has 1 aromatic carbocycles. The molecule has 2 rings (SSSR count). The highest BCUT2D eigenvalue weighted by Crippen LogP contribution is 2.19. The van der Waals surface area contributed by atoms with Crippen LogP contribution < -0.4 is 10.6 Å². The van der Waals surface area contributed by atoms with Gasteiger partial charge in [-0.3, -0.25) is 0 Å². The largest absolute Gasteiger partial charge is 0.385 e. The van der Waals surface area contributed by atoms with Crippen LogP contribution in [0, 0.1) is 18.8 Å². The molecule has 1 saturated heterocycles. The summed E-state index contributed by atoms with van der Waals surface area (Å²) in [5.41, 5.74) is 2.58. The number of anilines is 1. The molecule has 2 N–H and O–H groups in total. The summed E-state index contributed by atoms with van der Waals surface area (Å²) in [6.45, 7) is 7.92. The van der Waals surface area contributed by atoms with Gasteiger partial charge in [0.15, 0.2) is 0 Å². The van der Waals surface area contributed by atoms with E-state index in [2.05, 4.69) is 48.7 Å². The predicted octanol–water partition coefficient (Wildman–Crippen LogP) is 2.65. The molecule has 2 unspecified atom stereocenters. The zero-order valence-corrected chi connectivity index (χ0v) is 10.3. The fourth-order valence-electron chi connectivity index (χ4n) is 2.38. The monoisotopic (exact) mass is 218 g/mol. The maximum absolute atomic E-state index is 3.56. The first-order valence-corrected chi connectivity index (χ1v) is 6.27. The van der Waals surface area contributed by atoms with E-state index in [0.29, 0.717) is 0 Å². The molecule has 1 aromatic rings. The Labute approximate surface area is 98.4 Å². The summed E-state index contributed by atoms with van der Waals surface area (Å²) < 4.78 is 0. The highest BCUT2D eigenvalue weighted by atomic mass is 14.9. The number of hydrogen-bond donors (Lipinski definition) is 2. The summed E-state index contributed by atoms with van der Waals surface area (Å²) in [6.07, 6.45) is 1.29. The standard InChI is InChI=1S/C14H22N2/c1-11-4-3-5-14(8-11)16-10-13-6-7-15-9-12(13)2/h3-5,8,12-13,15-16H,6-7,9-10H2,1-2H3. The highest BCUT2D eigenvalue weighted by Gasteiger charge is 2.20. The summed E-state index contributed by atoms with van der Waals surface area (Å²) >= 11 is 0. The summed E-state index contributed by atoms with van der Waals surface area (Å²) in [7, 11) is 0. The van der Waals surface area contributed by atoms with Gasteiger partial charge in [-0.05, 0) is 56.0 Å². The van der Waals surface area contributed by atoms with Crippen LogP contribution in [0.3, 0.4) is 0 Å². The maximum atomic E-state index is 3.56. The van der Waals surface area contributed by atoms with Crippen molar-refractivity contribution >= 4 is 5.69 Å². The van der Waals surface area contributed by atoms with Gasteiger partial charge < -0.3 is 10.6 Å². The minimum Gasteiger partial charge on any atom is -0.385 e. The van der Waals surface area contributed by atoms with Crippen molar-refractivity contribution in [1.29, 1.82) is 0 Å². The number of nitrogens with one attached hydrogen (secondary N) is 2. The normalized spacial score (nSPS) is 25.4. The smallest absolute Gasteiger partial charge is 0.0342 e. The molecular formula is C14H22N2. The zero-order chi connectivity index (χ0) is 11.4. The molecular weight excluding hydrogens is 196 g/mol. The first kappa shape index (κ1) is 11.5. The van der Waals surface area contributed by atoms with E-state index >= 15 is 0 Å². The maximum Gasteiger partial charge on any atom is 0.0342 e. The predicted molar refractivity (Wildman–Crippen MR) is 69.8 cm³/mol. The molecule has 0 bridgehead atoms. The minimum absolute atomic E-state index is 0.783. The second-order valence-electron chi connectivity index (χ2n) is 4.98. The Morgan fingerprint density at radius 1 is 1.44 bits per heavy atom. The molecule has 16 heavy (non-hydrogen) atoms. The molecule has 0 aliphatic carbocycles. The summed E-state index contributed by atoms with van der Waals surface area (Å²) in [5.74, 6) is 1.59. The molecule has 1 fully saturated rings. The van der Waals surface area contributed by atoms with E-state index in [-0.39, 0.29) is 0 Å². The zero-order valence-electron chi connectivity index (χ0n) is 10.3. The van der Waals surface area contributed by atoms with Gasteiger partial charge in [0.05, 0.1) is 0 Å². The first-order chi connectivity index (χ1) is 7.75. The minimum atomic E-state index is 0.783. The molecule has 2 nitrogen and oxygen atoms in total. The molecule has 2 heteroatoms. The van der Waals surface area contributed by atoms with Crippen molar-refractivity contribution in [1.82, 2.24) is 5.32 Å². The Kier molecular flexibility index (Phi) is 3.83. The van der Waals surface area contributed by atoms with Crippen molar-refractivity contribution in [2.45, 2.75) is 20.3 Å². The van der Waals surface area contributed by atoms with Crippen LogP contribution in [0.15, 0.2) is 24.3 Å². The van der Waals surface area contributed by atoms with Gasteiger partial charge in [-0.25, -0.2) is 0 Å². The van der Waals surface area contributed by atoms with Crippen LogP contribution in [0.5, 0.6) is 0 Å². The lowest BCUT2D eigenvalue weighted by Gasteiger charge is -2.29. The Balaban J connectivity index is 1.86. The van der Waals surface area contributed by atoms with E-state index in [1.54, 1.807) is 0 Å². The third-order valence-electron chi connectivity index (χ3n) is 3.55. The molecule has 0 aromatic heterocycles. The molecule has 0 amide bonds. The third kappa shape index (κ3) is 2.99. The second-order valence-corrected chi connectivity index (χ2v) is 4.98.